The van der Waals surface area contributed by atoms with Gasteiger partial charge in [-0.15, -0.1) is 10.2 Å². The number of rotatable bonds is 5. The molecule has 7 nitrogen and oxygen atoms in total. The highest BCUT2D eigenvalue weighted by Crippen LogP contribution is 2.33. The van der Waals surface area contributed by atoms with Crippen LogP contribution in [0.25, 0.3) is 0 Å². The summed E-state index contributed by atoms with van der Waals surface area (Å²) >= 11 is 0.350. The van der Waals surface area contributed by atoms with Crippen molar-refractivity contribution in [1.29, 1.82) is 0 Å². The molecule has 0 fully saturated rings. The number of nitrogens with zero attached hydrogens (tertiary/aromatic N) is 3. The number of hydrogen-bond donors (Lipinski definition) is 1. The van der Waals surface area contributed by atoms with Gasteiger partial charge in [-0.05, 0) is 6.07 Å². The van der Waals surface area contributed by atoms with Crippen molar-refractivity contribution < 1.29 is 22.8 Å². The van der Waals surface area contributed by atoms with Crippen LogP contribution >= 0.6 is 11.3 Å². The fourth-order valence-corrected chi connectivity index (χ4v) is 2.20. The number of alkyl halides is 3. The van der Waals surface area contributed by atoms with Gasteiger partial charge in [0.25, 0.3) is 5.69 Å². The summed E-state index contributed by atoms with van der Waals surface area (Å²) in [5.41, 5.74) is 0.270. The largest absolute Gasteiger partial charge is 0.496 e. The van der Waals surface area contributed by atoms with E-state index in [0.717, 1.165) is 0 Å². The fourth-order valence-electron chi connectivity index (χ4n) is 1.60. The van der Waals surface area contributed by atoms with Gasteiger partial charge in [0.05, 0.1) is 12.0 Å². The van der Waals surface area contributed by atoms with Crippen molar-refractivity contribution in [3.63, 3.8) is 0 Å². The molecule has 0 unspecified atom stereocenters. The van der Waals surface area contributed by atoms with Crippen molar-refractivity contribution in [3.8, 4) is 5.75 Å². The van der Waals surface area contributed by atoms with Gasteiger partial charge in [0.15, 0.2) is 0 Å². The van der Waals surface area contributed by atoms with E-state index in [4.69, 9.17) is 4.74 Å². The lowest BCUT2D eigenvalue weighted by atomic mass is 10.2. The Labute approximate surface area is 125 Å². The predicted molar refractivity (Wildman–Crippen MR) is 71.9 cm³/mol. The van der Waals surface area contributed by atoms with E-state index in [-0.39, 0.29) is 17.4 Å². The first-order valence-corrected chi connectivity index (χ1v) is 6.59. The summed E-state index contributed by atoms with van der Waals surface area (Å²) in [4.78, 5) is 10.2. The average molecular weight is 334 g/mol. The van der Waals surface area contributed by atoms with Crippen LogP contribution in [0.2, 0.25) is 0 Å². The van der Waals surface area contributed by atoms with Crippen LogP contribution in [-0.2, 0) is 12.7 Å². The monoisotopic (exact) mass is 334 g/mol. The summed E-state index contributed by atoms with van der Waals surface area (Å²) in [6.45, 7) is 0.0113. The second-order valence-electron chi connectivity index (χ2n) is 4.02. The third-order valence-electron chi connectivity index (χ3n) is 2.57. The number of nitrogens with one attached hydrogen (secondary N) is 1. The lowest BCUT2D eigenvalue weighted by Gasteiger charge is -2.08. The molecular formula is C11H9F3N4O3S. The molecule has 2 rings (SSSR count). The van der Waals surface area contributed by atoms with Crippen molar-refractivity contribution in [2.45, 2.75) is 12.7 Å². The summed E-state index contributed by atoms with van der Waals surface area (Å²) in [7, 11) is 1.39. The zero-order valence-corrected chi connectivity index (χ0v) is 11.9. The Balaban J connectivity index is 2.15. The molecule has 1 aromatic heterocycles. The van der Waals surface area contributed by atoms with E-state index in [1.807, 2.05) is 0 Å². The minimum Gasteiger partial charge on any atom is -0.496 e. The van der Waals surface area contributed by atoms with E-state index in [1.165, 1.54) is 25.3 Å². The average Bonchev–Trinajstić information content (AvgIpc) is 2.93. The normalized spacial score (nSPS) is 11.3. The highest BCUT2D eigenvalue weighted by Gasteiger charge is 2.35. The molecular weight excluding hydrogens is 325 g/mol. The summed E-state index contributed by atoms with van der Waals surface area (Å²) in [5.74, 6) is 0.374. The van der Waals surface area contributed by atoms with Crippen LogP contribution in [0.5, 0.6) is 5.75 Å². The molecule has 0 amide bonds. The highest BCUT2D eigenvalue weighted by atomic mass is 32.1. The van der Waals surface area contributed by atoms with Gasteiger partial charge in [-0.3, -0.25) is 10.1 Å². The number of anilines is 1. The first-order valence-electron chi connectivity index (χ1n) is 5.77. The lowest BCUT2D eigenvalue weighted by molar-refractivity contribution is -0.384. The van der Waals surface area contributed by atoms with Gasteiger partial charge < -0.3 is 10.1 Å². The first kappa shape index (κ1) is 15.9. The topological polar surface area (TPSA) is 90.2 Å². The van der Waals surface area contributed by atoms with Crippen LogP contribution < -0.4 is 10.1 Å². The molecule has 0 saturated heterocycles. The maximum atomic E-state index is 12.4. The molecule has 0 bridgehead atoms. The van der Waals surface area contributed by atoms with Crippen molar-refractivity contribution in [2.24, 2.45) is 0 Å². The van der Waals surface area contributed by atoms with Crippen LogP contribution in [0.15, 0.2) is 18.2 Å². The van der Waals surface area contributed by atoms with Gasteiger partial charge in [0, 0.05) is 24.2 Å². The van der Waals surface area contributed by atoms with E-state index in [0.29, 0.717) is 22.6 Å². The number of nitro benzene ring substituents is 1. The van der Waals surface area contributed by atoms with Crippen molar-refractivity contribution in [1.82, 2.24) is 10.2 Å². The van der Waals surface area contributed by atoms with E-state index in [2.05, 4.69) is 15.5 Å². The molecule has 0 atom stereocenters. The summed E-state index contributed by atoms with van der Waals surface area (Å²) < 4.78 is 42.3. The number of non-ortho nitro benzene ring substituents is 1. The molecule has 1 aromatic carbocycles. The summed E-state index contributed by atoms with van der Waals surface area (Å²) in [6.07, 6.45) is -4.55. The smallest absolute Gasteiger partial charge is 0.445 e. The second kappa shape index (κ2) is 6.13. The van der Waals surface area contributed by atoms with Gasteiger partial charge in [0.2, 0.25) is 10.1 Å². The number of hydrogen-bond acceptors (Lipinski definition) is 7. The third kappa shape index (κ3) is 3.61. The molecule has 1 heterocycles. The predicted octanol–water partition coefficient (Wildman–Crippen LogP) is 3.09. The molecule has 22 heavy (non-hydrogen) atoms. The van der Waals surface area contributed by atoms with Crippen LogP contribution in [-0.4, -0.2) is 22.2 Å². The Bertz CT molecular complexity index is 689. The van der Waals surface area contributed by atoms with E-state index >= 15 is 0 Å². The lowest BCUT2D eigenvalue weighted by Crippen LogP contribution is -2.03. The molecule has 0 spiro atoms. The van der Waals surface area contributed by atoms with Gasteiger partial charge in [-0.25, -0.2) is 0 Å². The molecule has 1 N–H and O–H groups in total. The molecule has 118 valence electrons. The maximum Gasteiger partial charge on any atom is 0.445 e. The van der Waals surface area contributed by atoms with Gasteiger partial charge in [-0.2, -0.15) is 13.2 Å². The van der Waals surface area contributed by atoms with E-state index in [9.17, 15) is 23.3 Å². The zero-order valence-electron chi connectivity index (χ0n) is 11.0. The first-order chi connectivity index (χ1) is 10.3. The van der Waals surface area contributed by atoms with Crippen molar-refractivity contribution in [3.05, 3.63) is 38.9 Å². The SMILES string of the molecule is COc1ccc([N+](=O)[O-])cc1CNc1nnc(C(F)(F)F)s1. The Morgan fingerprint density at radius 3 is 2.68 bits per heavy atom. The zero-order chi connectivity index (χ0) is 16.3. The molecule has 11 heteroatoms. The second-order valence-corrected chi connectivity index (χ2v) is 4.99. The minimum absolute atomic E-state index is 0.0113. The molecule has 2 aromatic rings. The highest BCUT2D eigenvalue weighted by molar-refractivity contribution is 7.15. The number of methoxy groups -OCH3 is 1. The summed E-state index contributed by atoms with van der Waals surface area (Å²) in [6, 6.07) is 3.96. The number of halogens is 3. The minimum atomic E-state index is -4.55. The fraction of sp³-hybridized carbons (Fsp3) is 0.273. The van der Waals surface area contributed by atoms with Crippen molar-refractivity contribution in [2.75, 3.05) is 12.4 Å². The van der Waals surface area contributed by atoms with E-state index < -0.39 is 16.1 Å². The standard InChI is InChI=1S/C11H9F3N4O3S/c1-21-8-3-2-7(18(19)20)4-6(8)5-15-10-17-16-9(22-10)11(12,13)14/h2-4H,5H2,1H3,(H,15,17). The van der Waals surface area contributed by atoms with Crippen LogP contribution in [0.3, 0.4) is 0 Å². The van der Waals surface area contributed by atoms with Crippen molar-refractivity contribution >= 4 is 22.2 Å². The quantitative estimate of drug-likeness (QED) is 0.667. The van der Waals surface area contributed by atoms with Gasteiger partial charge in [0.1, 0.15) is 5.75 Å². The molecule has 0 radical (unpaired) electrons. The van der Waals surface area contributed by atoms with Gasteiger partial charge >= 0.3 is 6.18 Å². The van der Waals surface area contributed by atoms with E-state index in [1.54, 1.807) is 0 Å². The third-order valence-corrected chi connectivity index (χ3v) is 3.50. The summed E-state index contributed by atoms with van der Waals surface area (Å²) in [5, 5.41) is 18.7. The maximum absolute atomic E-state index is 12.4. The molecule has 0 aliphatic rings. The number of benzene rings is 1. The van der Waals surface area contributed by atoms with Gasteiger partial charge in [-0.1, -0.05) is 11.3 Å². The Morgan fingerprint density at radius 1 is 1.41 bits per heavy atom. The number of ether oxygens (including phenoxy) is 1. The Morgan fingerprint density at radius 2 is 2.14 bits per heavy atom. The Kier molecular flexibility index (Phi) is 4.45. The molecule has 0 aliphatic carbocycles. The van der Waals surface area contributed by atoms with Crippen LogP contribution in [0, 0.1) is 10.1 Å². The van der Waals surface area contributed by atoms with Crippen LogP contribution in [0.1, 0.15) is 10.6 Å². The number of aromatic nitrogens is 2. The van der Waals surface area contributed by atoms with Crippen LogP contribution in [0.4, 0.5) is 24.0 Å². The molecule has 0 saturated carbocycles. The number of nitro groups is 1. The molecule has 0 aliphatic heterocycles. The Hall–Kier alpha value is -2.43.